The Kier molecular flexibility index (Phi) is 3.99. The fourth-order valence-corrected chi connectivity index (χ4v) is 3.60. The van der Waals surface area contributed by atoms with Gasteiger partial charge in [0, 0.05) is 25.0 Å². The van der Waals surface area contributed by atoms with Gasteiger partial charge in [-0.3, -0.25) is 22.9 Å². The highest BCUT2D eigenvalue weighted by Crippen LogP contribution is 2.27. The zero-order valence-electron chi connectivity index (χ0n) is 16.3. The number of imidazole rings is 2. The summed E-state index contributed by atoms with van der Waals surface area (Å²) in [4.78, 5) is 30.5. The summed E-state index contributed by atoms with van der Waals surface area (Å²) in [7, 11) is 1.63. The third-order valence-electron chi connectivity index (χ3n) is 5.22. The summed E-state index contributed by atoms with van der Waals surface area (Å²) in [6.45, 7) is 5.96. The van der Waals surface area contributed by atoms with Gasteiger partial charge in [0.25, 0.3) is 5.56 Å². The molecule has 3 heterocycles. The molecule has 8 nitrogen and oxygen atoms in total. The van der Waals surface area contributed by atoms with Crippen LogP contribution in [0.4, 0.5) is 5.69 Å². The van der Waals surface area contributed by atoms with Gasteiger partial charge < -0.3 is 5.73 Å². The lowest BCUT2D eigenvalue weighted by molar-refractivity contribution is 0.666. The van der Waals surface area contributed by atoms with E-state index in [9.17, 15) is 9.59 Å². The van der Waals surface area contributed by atoms with Crippen molar-refractivity contribution in [3.05, 3.63) is 68.6 Å². The fraction of sp³-hybridized carbons (Fsp3) is 0.250. The molecular weight excluding hydrogens is 356 g/mol. The second-order valence-electron chi connectivity index (χ2n) is 6.81. The van der Waals surface area contributed by atoms with Crippen molar-refractivity contribution in [2.45, 2.75) is 27.3 Å². The number of para-hydroxylation sites is 2. The van der Waals surface area contributed by atoms with Crippen molar-refractivity contribution in [1.29, 1.82) is 0 Å². The fourth-order valence-electron chi connectivity index (χ4n) is 3.60. The van der Waals surface area contributed by atoms with Crippen LogP contribution in [0.5, 0.6) is 0 Å². The van der Waals surface area contributed by atoms with Crippen LogP contribution in [0.25, 0.3) is 22.6 Å². The summed E-state index contributed by atoms with van der Waals surface area (Å²) in [6.07, 6.45) is 3.59. The van der Waals surface area contributed by atoms with Crippen LogP contribution >= 0.6 is 0 Å². The minimum absolute atomic E-state index is 0.218. The number of rotatable bonds is 3. The largest absolute Gasteiger partial charge is 0.397 e. The summed E-state index contributed by atoms with van der Waals surface area (Å²) in [5, 5.41) is 0. The first-order valence-corrected chi connectivity index (χ1v) is 9.04. The molecule has 4 rings (SSSR count). The quantitative estimate of drug-likeness (QED) is 0.435. The number of nitrogen functional groups attached to an aromatic ring is 1. The van der Waals surface area contributed by atoms with Gasteiger partial charge in [-0.05, 0) is 32.9 Å². The van der Waals surface area contributed by atoms with Gasteiger partial charge in [-0.15, -0.1) is 0 Å². The monoisotopic (exact) mass is 378 g/mol. The molecule has 0 fully saturated rings. The lowest BCUT2D eigenvalue weighted by atomic mass is 10.2. The number of benzene rings is 1. The molecule has 0 saturated carbocycles. The molecule has 28 heavy (non-hydrogen) atoms. The Morgan fingerprint density at radius 3 is 2.54 bits per heavy atom. The van der Waals surface area contributed by atoms with Crippen molar-refractivity contribution in [3.8, 4) is 5.69 Å². The smallest absolute Gasteiger partial charge is 0.332 e. The molecule has 8 heteroatoms. The van der Waals surface area contributed by atoms with E-state index in [0.717, 1.165) is 17.1 Å². The molecular formula is C20H22N6O2. The van der Waals surface area contributed by atoms with Crippen molar-refractivity contribution in [2.24, 2.45) is 7.05 Å². The van der Waals surface area contributed by atoms with Crippen LogP contribution < -0.4 is 17.0 Å². The molecule has 0 aliphatic rings. The molecule has 1 aromatic carbocycles. The van der Waals surface area contributed by atoms with E-state index in [1.807, 2.05) is 60.1 Å². The van der Waals surface area contributed by atoms with Crippen LogP contribution in [-0.4, -0.2) is 23.1 Å². The topological polar surface area (TPSA) is 92.2 Å². The summed E-state index contributed by atoms with van der Waals surface area (Å²) in [5.74, 6) is 0.554. The molecule has 0 aliphatic heterocycles. The molecule has 0 aliphatic carbocycles. The van der Waals surface area contributed by atoms with Gasteiger partial charge in [-0.1, -0.05) is 24.3 Å². The molecule has 0 unspecified atom stereocenters. The Labute approximate surface area is 160 Å². The van der Waals surface area contributed by atoms with Gasteiger partial charge in [0.15, 0.2) is 11.2 Å². The van der Waals surface area contributed by atoms with Crippen LogP contribution in [0.15, 0.2) is 46.0 Å². The zero-order chi connectivity index (χ0) is 20.2. The summed E-state index contributed by atoms with van der Waals surface area (Å²) in [6, 6.07) is 7.50. The number of aryl methyl sites for hydroxylation is 2. The van der Waals surface area contributed by atoms with Crippen molar-refractivity contribution >= 4 is 22.6 Å². The van der Waals surface area contributed by atoms with E-state index >= 15 is 0 Å². The van der Waals surface area contributed by atoms with Crippen LogP contribution in [0.3, 0.4) is 0 Å². The first-order valence-electron chi connectivity index (χ1n) is 9.04. The summed E-state index contributed by atoms with van der Waals surface area (Å²) < 4.78 is 6.37. The maximum Gasteiger partial charge on any atom is 0.332 e. The van der Waals surface area contributed by atoms with Gasteiger partial charge in [0.1, 0.15) is 0 Å². The number of fused-ring (bicyclic) bond motifs is 3. The molecule has 3 aromatic heterocycles. The molecule has 0 spiro atoms. The molecule has 144 valence electrons. The standard InChI is InChI=1S/C20H22N6O2/c1-5-6-11-24-18(27)16-17(23(4)20(24)28)22-19-25(12(2)13(3)26(16)19)15-10-8-7-9-14(15)21/h5-10H,11,21H2,1-4H3/b6-5+. The van der Waals surface area contributed by atoms with Crippen LogP contribution in [0, 0.1) is 13.8 Å². The van der Waals surface area contributed by atoms with Crippen molar-refractivity contribution < 1.29 is 0 Å². The van der Waals surface area contributed by atoms with E-state index in [0.29, 0.717) is 22.6 Å². The summed E-state index contributed by atoms with van der Waals surface area (Å²) >= 11 is 0. The molecule has 2 N–H and O–H groups in total. The highest BCUT2D eigenvalue weighted by Gasteiger charge is 2.23. The third kappa shape index (κ3) is 2.27. The number of hydrogen-bond donors (Lipinski definition) is 1. The van der Waals surface area contributed by atoms with Crippen LogP contribution in [-0.2, 0) is 13.6 Å². The zero-order valence-corrected chi connectivity index (χ0v) is 16.3. The minimum Gasteiger partial charge on any atom is -0.397 e. The first kappa shape index (κ1) is 17.8. The molecule has 0 atom stereocenters. The lowest BCUT2D eigenvalue weighted by Crippen LogP contribution is -2.39. The predicted molar refractivity (Wildman–Crippen MR) is 110 cm³/mol. The van der Waals surface area contributed by atoms with Gasteiger partial charge in [0.2, 0.25) is 5.78 Å². The van der Waals surface area contributed by atoms with E-state index in [4.69, 9.17) is 5.73 Å². The van der Waals surface area contributed by atoms with E-state index in [-0.39, 0.29) is 12.1 Å². The number of hydrogen-bond acceptors (Lipinski definition) is 4. The Morgan fingerprint density at radius 2 is 1.86 bits per heavy atom. The second-order valence-corrected chi connectivity index (χ2v) is 6.81. The Bertz CT molecular complexity index is 1380. The SMILES string of the molecule is C/C=C/Cn1c(=O)c2c(nc3n(-c4ccccc4N)c(C)c(C)n23)n(C)c1=O. The van der Waals surface area contributed by atoms with E-state index in [2.05, 4.69) is 4.98 Å². The maximum atomic E-state index is 13.2. The number of allylic oxidation sites excluding steroid dienone is 2. The van der Waals surface area contributed by atoms with Gasteiger partial charge in [0.05, 0.1) is 11.4 Å². The molecule has 0 amide bonds. The summed E-state index contributed by atoms with van der Waals surface area (Å²) in [5.41, 5.74) is 9.37. The van der Waals surface area contributed by atoms with Crippen LogP contribution in [0.2, 0.25) is 0 Å². The third-order valence-corrected chi connectivity index (χ3v) is 5.22. The van der Waals surface area contributed by atoms with Crippen molar-refractivity contribution in [2.75, 3.05) is 5.73 Å². The average Bonchev–Trinajstić information content (AvgIpc) is 3.17. The number of aromatic nitrogens is 5. The highest BCUT2D eigenvalue weighted by molar-refractivity contribution is 5.78. The van der Waals surface area contributed by atoms with E-state index < -0.39 is 5.69 Å². The highest BCUT2D eigenvalue weighted by atomic mass is 16.2. The van der Waals surface area contributed by atoms with Crippen molar-refractivity contribution in [1.82, 2.24) is 23.1 Å². The van der Waals surface area contributed by atoms with Crippen LogP contribution in [0.1, 0.15) is 18.3 Å². The minimum atomic E-state index is -0.392. The molecule has 4 aromatic rings. The Balaban J connectivity index is 2.20. The number of anilines is 1. The normalized spacial score (nSPS) is 12.0. The van der Waals surface area contributed by atoms with Gasteiger partial charge >= 0.3 is 5.69 Å². The average molecular weight is 378 g/mol. The molecule has 0 radical (unpaired) electrons. The number of nitrogens with two attached hydrogens (primary N) is 1. The number of nitrogens with zero attached hydrogens (tertiary/aromatic N) is 5. The van der Waals surface area contributed by atoms with Crippen molar-refractivity contribution in [3.63, 3.8) is 0 Å². The first-order chi connectivity index (χ1) is 13.4. The van der Waals surface area contributed by atoms with E-state index in [1.165, 1.54) is 9.13 Å². The van der Waals surface area contributed by atoms with E-state index in [1.54, 1.807) is 13.1 Å². The Morgan fingerprint density at radius 1 is 1.14 bits per heavy atom. The molecule has 0 bridgehead atoms. The molecule has 0 saturated heterocycles. The maximum absolute atomic E-state index is 13.2. The van der Waals surface area contributed by atoms with Gasteiger partial charge in [-0.2, -0.15) is 4.98 Å². The van der Waals surface area contributed by atoms with Gasteiger partial charge in [-0.25, -0.2) is 4.79 Å². The Hall–Kier alpha value is -3.55. The lowest BCUT2D eigenvalue weighted by Gasteiger charge is -2.09. The second kappa shape index (κ2) is 6.26. The predicted octanol–water partition coefficient (Wildman–Crippen LogP) is 1.91.